The molecule has 0 heterocycles. The molecule has 19 heavy (non-hydrogen) atoms. The van der Waals surface area contributed by atoms with Crippen molar-refractivity contribution < 1.29 is 18.9 Å². The summed E-state index contributed by atoms with van der Waals surface area (Å²) in [6.07, 6.45) is 3.17. The lowest BCUT2D eigenvalue weighted by molar-refractivity contribution is -0.00252. The number of rotatable bonds is 15. The fraction of sp³-hybridized carbons (Fsp3) is 1.00. The van der Waals surface area contributed by atoms with Crippen LogP contribution in [0.15, 0.2) is 0 Å². The summed E-state index contributed by atoms with van der Waals surface area (Å²) in [5.41, 5.74) is 5.60. The summed E-state index contributed by atoms with van der Waals surface area (Å²) < 4.78 is 21.5. The van der Waals surface area contributed by atoms with E-state index in [-0.39, 0.29) is 6.04 Å². The van der Waals surface area contributed by atoms with Crippen molar-refractivity contribution in [1.29, 1.82) is 0 Å². The molecule has 0 saturated carbocycles. The molecule has 0 aliphatic heterocycles. The van der Waals surface area contributed by atoms with Gasteiger partial charge < -0.3 is 24.7 Å². The molecule has 0 bridgehead atoms. The van der Waals surface area contributed by atoms with Gasteiger partial charge >= 0.3 is 0 Å². The molecule has 0 amide bonds. The lowest BCUT2D eigenvalue weighted by atomic mass is 10.3. The molecule has 0 aromatic heterocycles. The van der Waals surface area contributed by atoms with Crippen LogP contribution < -0.4 is 5.73 Å². The summed E-state index contributed by atoms with van der Waals surface area (Å²) in [6.45, 7) is 9.39. The second kappa shape index (κ2) is 15.9. The highest BCUT2D eigenvalue weighted by Crippen LogP contribution is 1.89. The van der Waals surface area contributed by atoms with E-state index < -0.39 is 0 Å². The third-order valence-corrected chi connectivity index (χ3v) is 2.48. The Morgan fingerprint density at radius 1 is 0.737 bits per heavy atom. The highest BCUT2D eigenvalue weighted by Gasteiger charge is 1.95. The first-order chi connectivity index (χ1) is 9.27. The van der Waals surface area contributed by atoms with Gasteiger partial charge in [-0.3, -0.25) is 0 Å². The molecule has 1 atom stereocenters. The van der Waals surface area contributed by atoms with Crippen molar-refractivity contribution in [1.82, 2.24) is 0 Å². The number of unbranched alkanes of at least 4 members (excludes halogenated alkanes) is 1. The number of hydrogen-bond donors (Lipinski definition) is 1. The monoisotopic (exact) mass is 277 g/mol. The molecule has 0 rings (SSSR count). The first kappa shape index (κ1) is 18.8. The van der Waals surface area contributed by atoms with Gasteiger partial charge in [-0.15, -0.1) is 0 Å². The Morgan fingerprint density at radius 3 is 1.58 bits per heavy atom. The zero-order valence-corrected chi connectivity index (χ0v) is 12.6. The molecule has 0 radical (unpaired) electrons. The van der Waals surface area contributed by atoms with E-state index in [1.165, 1.54) is 6.42 Å². The zero-order chi connectivity index (χ0) is 14.2. The van der Waals surface area contributed by atoms with Crippen LogP contribution in [0.3, 0.4) is 0 Å². The van der Waals surface area contributed by atoms with Gasteiger partial charge in [0.1, 0.15) is 0 Å². The quantitative estimate of drug-likeness (QED) is 0.461. The van der Waals surface area contributed by atoms with Crippen LogP contribution >= 0.6 is 0 Å². The predicted octanol–water partition coefficient (Wildman–Crippen LogP) is 1.59. The minimum atomic E-state index is 0.203. The predicted molar refractivity (Wildman–Crippen MR) is 76.5 cm³/mol. The summed E-state index contributed by atoms with van der Waals surface area (Å²) >= 11 is 0. The van der Waals surface area contributed by atoms with Gasteiger partial charge in [-0.2, -0.15) is 0 Å². The maximum Gasteiger partial charge on any atom is 0.0701 e. The minimum absolute atomic E-state index is 0.203. The van der Waals surface area contributed by atoms with Crippen molar-refractivity contribution in [2.45, 2.75) is 39.2 Å². The Morgan fingerprint density at radius 2 is 1.16 bits per heavy atom. The maximum atomic E-state index is 5.60. The zero-order valence-electron chi connectivity index (χ0n) is 12.6. The van der Waals surface area contributed by atoms with Gasteiger partial charge in [-0.05, 0) is 19.8 Å². The second-order valence-corrected chi connectivity index (χ2v) is 4.57. The van der Waals surface area contributed by atoms with Crippen molar-refractivity contribution in [3.63, 3.8) is 0 Å². The summed E-state index contributed by atoms with van der Waals surface area (Å²) in [6, 6.07) is 0.203. The maximum absolute atomic E-state index is 5.60. The van der Waals surface area contributed by atoms with Crippen LogP contribution in [0.1, 0.15) is 33.1 Å². The summed E-state index contributed by atoms with van der Waals surface area (Å²) in [5, 5.41) is 0. The standard InChI is InChI=1S/C14H31NO4/c1-3-4-6-16-8-10-18-12-13-19-11-9-17-7-5-14(2)15/h14H,3-13,15H2,1-2H3. The lowest BCUT2D eigenvalue weighted by Crippen LogP contribution is -2.18. The molecule has 0 aromatic rings. The molecule has 2 N–H and O–H groups in total. The summed E-state index contributed by atoms with van der Waals surface area (Å²) in [7, 11) is 0. The Kier molecular flexibility index (Phi) is 15.7. The van der Waals surface area contributed by atoms with Crippen LogP contribution in [0, 0.1) is 0 Å². The van der Waals surface area contributed by atoms with Crippen LogP contribution in [-0.2, 0) is 18.9 Å². The van der Waals surface area contributed by atoms with Crippen molar-refractivity contribution in [2.75, 3.05) is 52.9 Å². The molecule has 0 aliphatic rings. The Bertz CT molecular complexity index is 168. The third kappa shape index (κ3) is 17.8. The van der Waals surface area contributed by atoms with E-state index in [1.54, 1.807) is 0 Å². The molecule has 0 spiro atoms. The van der Waals surface area contributed by atoms with Gasteiger partial charge in [-0.25, -0.2) is 0 Å². The molecule has 0 fully saturated rings. The van der Waals surface area contributed by atoms with E-state index >= 15 is 0 Å². The Labute approximate surface area is 117 Å². The fourth-order valence-electron chi connectivity index (χ4n) is 1.28. The van der Waals surface area contributed by atoms with Gasteiger partial charge in [0, 0.05) is 19.3 Å². The average molecular weight is 277 g/mol. The Balaban J connectivity index is 2.91. The van der Waals surface area contributed by atoms with E-state index in [9.17, 15) is 0 Å². The van der Waals surface area contributed by atoms with Crippen molar-refractivity contribution in [2.24, 2.45) is 5.73 Å². The van der Waals surface area contributed by atoms with Crippen molar-refractivity contribution >= 4 is 0 Å². The van der Waals surface area contributed by atoms with E-state index in [0.717, 1.165) is 19.4 Å². The molecule has 0 aliphatic carbocycles. The SMILES string of the molecule is CCCCOCCOCCOCCOCCC(C)N. The smallest absolute Gasteiger partial charge is 0.0701 e. The lowest BCUT2D eigenvalue weighted by Gasteiger charge is -2.08. The second-order valence-electron chi connectivity index (χ2n) is 4.57. The van der Waals surface area contributed by atoms with Crippen LogP contribution in [-0.4, -0.2) is 58.9 Å². The summed E-state index contributed by atoms with van der Waals surface area (Å²) in [4.78, 5) is 0. The molecule has 0 saturated heterocycles. The highest BCUT2D eigenvalue weighted by molar-refractivity contribution is 4.50. The Hall–Kier alpha value is -0.200. The van der Waals surface area contributed by atoms with E-state index in [1.807, 2.05) is 6.92 Å². The molecule has 116 valence electrons. The van der Waals surface area contributed by atoms with E-state index in [4.69, 9.17) is 24.7 Å². The number of hydrogen-bond acceptors (Lipinski definition) is 5. The van der Waals surface area contributed by atoms with Gasteiger partial charge in [0.2, 0.25) is 0 Å². The van der Waals surface area contributed by atoms with Gasteiger partial charge in [0.25, 0.3) is 0 Å². The minimum Gasteiger partial charge on any atom is -0.379 e. The van der Waals surface area contributed by atoms with Gasteiger partial charge in [-0.1, -0.05) is 13.3 Å². The summed E-state index contributed by atoms with van der Waals surface area (Å²) in [5.74, 6) is 0. The molecular weight excluding hydrogens is 246 g/mol. The molecule has 0 aromatic carbocycles. The number of nitrogens with two attached hydrogens (primary N) is 1. The fourth-order valence-corrected chi connectivity index (χ4v) is 1.28. The van der Waals surface area contributed by atoms with Crippen molar-refractivity contribution in [3.8, 4) is 0 Å². The molecule has 5 heteroatoms. The third-order valence-electron chi connectivity index (χ3n) is 2.48. The van der Waals surface area contributed by atoms with E-state index in [0.29, 0.717) is 46.2 Å². The van der Waals surface area contributed by atoms with Crippen LogP contribution in [0.25, 0.3) is 0 Å². The topological polar surface area (TPSA) is 62.9 Å². The van der Waals surface area contributed by atoms with Crippen LogP contribution in [0.5, 0.6) is 0 Å². The van der Waals surface area contributed by atoms with Crippen molar-refractivity contribution in [3.05, 3.63) is 0 Å². The van der Waals surface area contributed by atoms with Crippen LogP contribution in [0.4, 0.5) is 0 Å². The average Bonchev–Trinajstić information content (AvgIpc) is 2.39. The normalized spacial score (nSPS) is 12.8. The van der Waals surface area contributed by atoms with Gasteiger partial charge in [0.05, 0.1) is 39.6 Å². The number of ether oxygens (including phenoxy) is 4. The molecular formula is C14H31NO4. The molecule has 5 nitrogen and oxygen atoms in total. The van der Waals surface area contributed by atoms with E-state index in [2.05, 4.69) is 6.92 Å². The first-order valence-corrected chi connectivity index (χ1v) is 7.34. The first-order valence-electron chi connectivity index (χ1n) is 7.34. The van der Waals surface area contributed by atoms with Gasteiger partial charge in [0.15, 0.2) is 0 Å². The molecule has 1 unspecified atom stereocenters. The van der Waals surface area contributed by atoms with Crippen LogP contribution in [0.2, 0.25) is 0 Å². The highest BCUT2D eigenvalue weighted by atomic mass is 16.6. The largest absolute Gasteiger partial charge is 0.379 e.